The molecule has 0 saturated heterocycles. The van der Waals surface area contributed by atoms with Crippen molar-refractivity contribution >= 4 is 43.6 Å². The molecular formula is C36H22N4. The smallest absolute Gasteiger partial charge is 0.0992 e. The van der Waals surface area contributed by atoms with Crippen LogP contribution in [0.1, 0.15) is 5.56 Å². The Hall–Kier alpha value is -5.66. The summed E-state index contributed by atoms with van der Waals surface area (Å²) in [7, 11) is 0. The Morgan fingerprint density at radius 3 is 1.75 bits per heavy atom. The van der Waals surface area contributed by atoms with Crippen LogP contribution in [0.5, 0.6) is 0 Å². The van der Waals surface area contributed by atoms with Gasteiger partial charge in [0.1, 0.15) is 0 Å². The molecular weight excluding hydrogens is 488 g/mol. The van der Waals surface area contributed by atoms with Crippen molar-refractivity contribution in [2.75, 3.05) is 0 Å². The Labute approximate surface area is 230 Å². The van der Waals surface area contributed by atoms with Crippen molar-refractivity contribution in [1.82, 2.24) is 14.1 Å². The average Bonchev–Trinajstić information content (AvgIpc) is 3.54. The van der Waals surface area contributed by atoms with Crippen molar-refractivity contribution in [2.24, 2.45) is 0 Å². The molecule has 0 spiro atoms. The number of para-hydroxylation sites is 3. The van der Waals surface area contributed by atoms with E-state index in [-0.39, 0.29) is 0 Å². The number of hydrogen-bond acceptors (Lipinski definition) is 2. The highest BCUT2D eigenvalue weighted by atomic mass is 15.0. The minimum absolute atomic E-state index is 0.620. The monoisotopic (exact) mass is 510 g/mol. The molecule has 40 heavy (non-hydrogen) atoms. The molecule has 0 N–H and O–H groups in total. The lowest BCUT2D eigenvalue weighted by Crippen LogP contribution is -1.97. The molecule has 4 heteroatoms. The second-order valence-electron chi connectivity index (χ2n) is 10.0. The summed E-state index contributed by atoms with van der Waals surface area (Å²) in [5.41, 5.74) is 9.21. The van der Waals surface area contributed by atoms with E-state index >= 15 is 0 Å². The number of rotatable bonds is 3. The first-order valence-electron chi connectivity index (χ1n) is 13.3. The maximum atomic E-state index is 10.0. The van der Waals surface area contributed by atoms with Crippen molar-refractivity contribution in [2.45, 2.75) is 0 Å². The van der Waals surface area contributed by atoms with Crippen LogP contribution in [0.15, 0.2) is 134 Å². The summed E-state index contributed by atoms with van der Waals surface area (Å²) in [6, 6.07) is 44.6. The first-order chi connectivity index (χ1) is 19.8. The molecule has 8 aromatic rings. The van der Waals surface area contributed by atoms with Crippen molar-refractivity contribution in [3.63, 3.8) is 0 Å². The molecule has 0 fully saturated rings. The standard InChI is InChI=1S/C36H22N4/c37-22-24-18-26(21-28(19-24)40-35-15-6-3-12-31(35)32-23-38-17-16-36(32)40)25-8-7-9-27(20-25)39-33-13-4-1-10-29(33)30-11-2-5-14-34(30)39/h1-21,23H. The molecule has 0 aliphatic carbocycles. The van der Waals surface area contributed by atoms with Gasteiger partial charge >= 0.3 is 0 Å². The van der Waals surface area contributed by atoms with Gasteiger partial charge in [0.15, 0.2) is 0 Å². The van der Waals surface area contributed by atoms with E-state index in [4.69, 9.17) is 0 Å². The molecule has 5 aromatic carbocycles. The Bertz CT molecular complexity index is 2190. The third-order valence-electron chi connectivity index (χ3n) is 7.80. The highest BCUT2D eigenvalue weighted by molar-refractivity contribution is 6.10. The minimum atomic E-state index is 0.620. The van der Waals surface area contributed by atoms with Gasteiger partial charge in [0.2, 0.25) is 0 Å². The van der Waals surface area contributed by atoms with E-state index in [9.17, 15) is 5.26 Å². The van der Waals surface area contributed by atoms with E-state index in [2.05, 4.69) is 123 Å². The zero-order valence-corrected chi connectivity index (χ0v) is 21.5. The van der Waals surface area contributed by atoms with E-state index in [1.165, 1.54) is 21.8 Å². The molecule has 0 atom stereocenters. The van der Waals surface area contributed by atoms with Gasteiger partial charge in [-0.1, -0.05) is 66.7 Å². The van der Waals surface area contributed by atoms with Gasteiger partial charge in [-0.3, -0.25) is 4.98 Å². The lowest BCUT2D eigenvalue weighted by molar-refractivity contribution is 1.17. The predicted molar refractivity (Wildman–Crippen MR) is 163 cm³/mol. The number of hydrogen-bond donors (Lipinski definition) is 0. The summed E-state index contributed by atoms with van der Waals surface area (Å²) >= 11 is 0. The molecule has 0 aliphatic rings. The number of benzene rings is 5. The van der Waals surface area contributed by atoms with Gasteiger partial charge in [0.25, 0.3) is 0 Å². The number of nitriles is 1. The number of pyridine rings is 1. The molecule has 0 aliphatic heterocycles. The Morgan fingerprint density at radius 1 is 0.500 bits per heavy atom. The molecule has 3 heterocycles. The highest BCUT2D eigenvalue weighted by Crippen LogP contribution is 2.36. The Balaban J connectivity index is 1.36. The van der Waals surface area contributed by atoms with Gasteiger partial charge in [-0.2, -0.15) is 5.26 Å². The maximum absolute atomic E-state index is 10.0. The van der Waals surface area contributed by atoms with Crippen molar-refractivity contribution < 1.29 is 0 Å². The molecule has 186 valence electrons. The summed E-state index contributed by atoms with van der Waals surface area (Å²) in [6.07, 6.45) is 3.74. The Kier molecular flexibility index (Phi) is 4.85. The van der Waals surface area contributed by atoms with Crippen LogP contribution >= 0.6 is 0 Å². The van der Waals surface area contributed by atoms with Crippen molar-refractivity contribution in [3.8, 4) is 28.6 Å². The van der Waals surface area contributed by atoms with Crippen LogP contribution in [0.25, 0.3) is 66.1 Å². The van der Waals surface area contributed by atoms with Crippen LogP contribution in [0.4, 0.5) is 0 Å². The molecule has 4 nitrogen and oxygen atoms in total. The van der Waals surface area contributed by atoms with E-state index in [1.54, 1.807) is 0 Å². The zero-order chi connectivity index (χ0) is 26.6. The molecule has 8 rings (SSSR count). The number of aromatic nitrogens is 3. The zero-order valence-electron chi connectivity index (χ0n) is 21.5. The fraction of sp³-hybridized carbons (Fsp3) is 0. The number of fused-ring (bicyclic) bond motifs is 6. The van der Waals surface area contributed by atoms with Crippen LogP contribution in [-0.2, 0) is 0 Å². The lowest BCUT2D eigenvalue weighted by Gasteiger charge is -2.13. The van der Waals surface area contributed by atoms with Crippen LogP contribution in [0, 0.1) is 11.3 Å². The highest BCUT2D eigenvalue weighted by Gasteiger charge is 2.15. The van der Waals surface area contributed by atoms with Gasteiger partial charge in [-0.15, -0.1) is 0 Å². The van der Waals surface area contributed by atoms with Crippen LogP contribution in [-0.4, -0.2) is 14.1 Å². The quantitative estimate of drug-likeness (QED) is 0.238. The first kappa shape index (κ1) is 22.3. The fourth-order valence-electron chi connectivity index (χ4n) is 6.09. The molecule has 0 bridgehead atoms. The normalized spacial score (nSPS) is 11.5. The summed E-state index contributed by atoms with van der Waals surface area (Å²) in [5.74, 6) is 0. The third-order valence-corrected chi connectivity index (χ3v) is 7.80. The predicted octanol–water partition coefficient (Wildman–Crippen LogP) is 8.81. The summed E-state index contributed by atoms with van der Waals surface area (Å²) in [5, 5.41) is 14.7. The Morgan fingerprint density at radius 2 is 1.07 bits per heavy atom. The van der Waals surface area contributed by atoms with E-state index in [0.717, 1.165) is 44.3 Å². The van der Waals surface area contributed by atoms with Crippen LogP contribution < -0.4 is 0 Å². The third kappa shape index (κ3) is 3.28. The van der Waals surface area contributed by atoms with Crippen LogP contribution in [0.2, 0.25) is 0 Å². The molecule has 0 unspecified atom stereocenters. The fourth-order valence-corrected chi connectivity index (χ4v) is 6.09. The SMILES string of the molecule is N#Cc1cc(-c2cccc(-n3c4ccccc4c4ccccc43)c2)cc(-n2c3ccccc3c3cnccc32)c1. The lowest BCUT2D eigenvalue weighted by atomic mass is 10.0. The second kappa shape index (κ2) is 8.69. The van der Waals surface area contributed by atoms with Crippen molar-refractivity contribution in [1.29, 1.82) is 5.26 Å². The maximum Gasteiger partial charge on any atom is 0.0992 e. The van der Waals surface area contributed by atoms with E-state index in [1.807, 2.05) is 30.6 Å². The van der Waals surface area contributed by atoms with Gasteiger partial charge in [-0.25, -0.2) is 0 Å². The summed E-state index contributed by atoms with van der Waals surface area (Å²) < 4.78 is 4.55. The molecule has 3 aromatic heterocycles. The van der Waals surface area contributed by atoms with Gasteiger partial charge in [0, 0.05) is 45.3 Å². The molecule has 0 saturated carbocycles. The summed E-state index contributed by atoms with van der Waals surface area (Å²) in [4.78, 5) is 4.38. The van der Waals surface area contributed by atoms with E-state index < -0.39 is 0 Å². The van der Waals surface area contributed by atoms with Gasteiger partial charge in [-0.05, 0) is 65.7 Å². The van der Waals surface area contributed by atoms with E-state index in [0.29, 0.717) is 5.56 Å². The van der Waals surface area contributed by atoms with Gasteiger partial charge in [0.05, 0.1) is 33.7 Å². The number of nitrogens with zero attached hydrogens (tertiary/aromatic N) is 4. The van der Waals surface area contributed by atoms with Crippen LogP contribution in [0.3, 0.4) is 0 Å². The molecule has 0 amide bonds. The topological polar surface area (TPSA) is 46.5 Å². The first-order valence-corrected chi connectivity index (χ1v) is 13.3. The minimum Gasteiger partial charge on any atom is -0.309 e. The molecule has 0 radical (unpaired) electrons. The largest absolute Gasteiger partial charge is 0.309 e. The van der Waals surface area contributed by atoms with Gasteiger partial charge < -0.3 is 9.13 Å². The summed E-state index contributed by atoms with van der Waals surface area (Å²) in [6.45, 7) is 0. The second-order valence-corrected chi connectivity index (χ2v) is 10.0. The van der Waals surface area contributed by atoms with Crippen molar-refractivity contribution in [3.05, 3.63) is 139 Å². The average molecular weight is 511 g/mol.